The highest BCUT2D eigenvalue weighted by Crippen LogP contribution is 2.26. The normalized spacial score (nSPS) is 10.8. The Balaban J connectivity index is 2.27. The summed E-state index contributed by atoms with van der Waals surface area (Å²) in [5.41, 5.74) is 2.03. The molecular weight excluding hydrogens is 220 g/mol. The third-order valence-corrected chi connectivity index (χ3v) is 2.58. The van der Waals surface area contributed by atoms with Crippen LogP contribution in [0.25, 0.3) is 0 Å². The zero-order valence-corrected chi connectivity index (χ0v) is 7.75. The lowest BCUT2D eigenvalue weighted by Gasteiger charge is -2.02. The molecular formula is C7H7BrN4. The van der Waals surface area contributed by atoms with Crippen molar-refractivity contribution in [3.05, 3.63) is 35.9 Å². The molecule has 0 aliphatic heterocycles. The van der Waals surface area contributed by atoms with Gasteiger partial charge in [-0.3, -0.25) is 10.2 Å². The minimum Gasteiger partial charge on any atom is -0.281 e. The topological polar surface area (TPSA) is 57.4 Å². The van der Waals surface area contributed by atoms with Crippen molar-refractivity contribution >= 4 is 15.9 Å². The van der Waals surface area contributed by atoms with E-state index in [1.807, 2.05) is 12.1 Å². The molecule has 2 rings (SSSR count). The molecule has 62 valence electrons. The number of aromatic nitrogens is 4. The molecule has 4 nitrogen and oxygen atoms in total. The Hall–Kier alpha value is -1.10. The first-order valence-electron chi connectivity index (χ1n) is 3.50. The first-order chi connectivity index (χ1) is 5.88. The van der Waals surface area contributed by atoms with Gasteiger partial charge in [0.25, 0.3) is 0 Å². The molecule has 0 fully saturated rings. The molecule has 0 aliphatic rings. The summed E-state index contributed by atoms with van der Waals surface area (Å²) in [6, 6.07) is 3.83. The quantitative estimate of drug-likeness (QED) is 0.766. The van der Waals surface area contributed by atoms with Gasteiger partial charge in [-0.25, -0.2) is 0 Å². The molecule has 2 aromatic rings. The Labute approximate surface area is 77.5 Å². The van der Waals surface area contributed by atoms with Crippen LogP contribution in [0.1, 0.15) is 16.2 Å². The summed E-state index contributed by atoms with van der Waals surface area (Å²) in [5, 5.41) is 13.5. The molecule has 2 aromatic heterocycles. The first kappa shape index (κ1) is 7.54. The molecule has 0 unspecified atom stereocenters. The van der Waals surface area contributed by atoms with Gasteiger partial charge in [0.2, 0.25) is 0 Å². The summed E-state index contributed by atoms with van der Waals surface area (Å²) in [5.74, 6) is 0. The maximum atomic E-state index is 3.86. The first-order valence-corrected chi connectivity index (χ1v) is 4.42. The fourth-order valence-electron chi connectivity index (χ4n) is 0.983. The summed E-state index contributed by atoms with van der Waals surface area (Å²) in [4.78, 5) is 0.113. The monoisotopic (exact) mass is 226 g/mol. The lowest BCUT2D eigenvalue weighted by atomic mass is 10.2. The summed E-state index contributed by atoms with van der Waals surface area (Å²) in [6.45, 7) is 0. The maximum absolute atomic E-state index is 3.86. The zero-order valence-electron chi connectivity index (χ0n) is 6.16. The van der Waals surface area contributed by atoms with E-state index < -0.39 is 0 Å². The molecule has 0 aliphatic carbocycles. The van der Waals surface area contributed by atoms with E-state index in [-0.39, 0.29) is 4.83 Å². The minimum atomic E-state index is 0.113. The van der Waals surface area contributed by atoms with E-state index in [1.165, 1.54) is 0 Å². The average molecular weight is 227 g/mol. The van der Waals surface area contributed by atoms with Crippen LogP contribution < -0.4 is 0 Å². The number of hydrogen-bond donors (Lipinski definition) is 2. The highest BCUT2D eigenvalue weighted by Gasteiger charge is 2.11. The lowest BCUT2D eigenvalue weighted by Crippen LogP contribution is -1.93. The SMILES string of the molecule is BrC(c1ccn[nH]1)c1ccn[nH]1. The predicted octanol–water partition coefficient (Wildman–Crippen LogP) is 1.62. The highest BCUT2D eigenvalue weighted by molar-refractivity contribution is 9.09. The molecule has 2 N–H and O–H groups in total. The standard InChI is InChI=1S/C7H7BrN4/c8-7(5-1-3-9-11-5)6-2-4-10-12-6/h1-4,7H,(H,9,11)(H,10,12). The molecule has 0 aromatic carbocycles. The van der Waals surface area contributed by atoms with E-state index in [1.54, 1.807) is 12.4 Å². The Morgan fingerprint density at radius 3 is 1.92 bits per heavy atom. The molecule has 0 saturated heterocycles. The van der Waals surface area contributed by atoms with Gasteiger partial charge < -0.3 is 0 Å². The Bertz CT molecular complexity index is 292. The van der Waals surface area contributed by atoms with Crippen molar-refractivity contribution in [1.82, 2.24) is 20.4 Å². The summed E-state index contributed by atoms with van der Waals surface area (Å²) in [6.07, 6.45) is 3.44. The number of alkyl halides is 1. The van der Waals surface area contributed by atoms with Crippen molar-refractivity contribution < 1.29 is 0 Å². The smallest absolute Gasteiger partial charge is 0.0976 e. The maximum Gasteiger partial charge on any atom is 0.0976 e. The molecule has 12 heavy (non-hydrogen) atoms. The Morgan fingerprint density at radius 2 is 1.58 bits per heavy atom. The van der Waals surface area contributed by atoms with Gasteiger partial charge >= 0.3 is 0 Å². The van der Waals surface area contributed by atoms with Crippen LogP contribution in [-0.2, 0) is 0 Å². The summed E-state index contributed by atoms with van der Waals surface area (Å²) in [7, 11) is 0. The van der Waals surface area contributed by atoms with Crippen molar-refractivity contribution in [3.8, 4) is 0 Å². The summed E-state index contributed by atoms with van der Waals surface area (Å²) >= 11 is 3.51. The van der Waals surface area contributed by atoms with E-state index in [0.717, 1.165) is 11.4 Å². The van der Waals surface area contributed by atoms with E-state index in [2.05, 4.69) is 36.3 Å². The lowest BCUT2D eigenvalue weighted by molar-refractivity contribution is 0.938. The van der Waals surface area contributed by atoms with Crippen LogP contribution in [0.4, 0.5) is 0 Å². The van der Waals surface area contributed by atoms with Crippen LogP contribution >= 0.6 is 15.9 Å². The Morgan fingerprint density at radius 1 is 1.08 bits per heavy atom. The molecule has 0 radical (unpaired) electrons. The molecule has 5 heteroatoms. The van der Waals surface area contributed by atoms with Gasteiger partial charge in [-0.15, -0.1) is 0 Å². The van der Waals surface area contributed by atoms with Gasteiger partial charge in [0.15, 0.2) is 0 Å². The number of rotatable bonds is 2. The third kappa shape index (κ3) is 1.27. The molecule has 0 saturated carbocycles. The van der Waals surface area contributed by atoms with Gasteiger partial charge in [-0.2, -0.15) is 10.2 Å². The fourth-order valence-corrected chi connectivity index (χ4v) is 1.49. The second-order valence-electron chi connectivity index (χ2n) is 2.39. The van der Waals surface area contributed by atoms with Crippen molar-refractivity contribution in [2.45, 2.75) is 4.83 Å². The second kappa shape index (κ2) is 3.10. The predicted molar refractivity (Wildman–Crippen MR) is 47.9 cm³/mol. The number of nitrogens with one attached hydrogen (secondary N) is 2. The average Bonchev–Trinajstić information content (AvgIpc) is 2.77. The fraction of sp³-hybridized carbons (Fsp3) is 0.143. The number of halogens is 1. The van der Waals surface area contributed by atoms with Gasteiger partial charge in [-0.05, 0) is 12.1 Å². The number of hydrogen-bond acceptors (Lipinski definition) is 2. The van der Waals surface area contributed by atoms with Crippen molar-refractivity contribution in [2.24, 2.45) is 0 Å². The molecule has 0 bridgehead atoms. The van der Waals surface area contributed by atoms with Crippen molar-refractivity contribution in [2.75, 3.05) is 0 Å². The number of nitrogens with zero attached hydrogens (tertiary/aromatic N) is 2. The van der Waals surface area contributed by atoms with Crippen LogP contribution in [-0.4, -0.2) is 20.4 Å². The highest BCUT2D eigenvalue weighted by atomic mass is 79.9. The van der Waals surface area contributed by atoms with Gasteiger partial charge in [0.1, 0.15) is 0 Å². The number of aromatic amines is 2. The molecule has 0 spiro atoms. The van der Waals surface area contributed by atoms with Crippen LogP contribution in [0.15, 0.2) is 24.5 Å². The van der Waals surface area contributed by atoms with E-state index in [0.29, 0.717) is 0 Å². The van der Waals surface area contributed by atoms with E-state index >= 15 is 0 Å². The molecule has 0 atom stereocenters. The van der Waals surface area contributed by atoms with Gasteiger partial charge in [0.05, 0.1) is 16.2 Å². The summed E-state index contributed by atoms with van der Waals surface area (Å²) < 4.78 is 0. The largest absolute Gasteiger partial charge is 0.281 e. The number of H-pyrrole nitrogens is 2. The zero-order chi connectivity index (χ0) is 8.39. The second-order valence-corrected chi connectivity index (χ2v) is 3.30. The van der Waals surface area contributed by atoms with Gasteiger partial charge in [0, 0.05) is 12.4 Å². The van der Waals surface area contributed by atoms with Crippen LogP contribution in [0.5, 0.6) is 0 Å². The molecule has 2 heterocycles. The minimum absolute atomic E-state index is 0.113. The van der Waals surface area contributed by atoms with Crippen LogP contribution in [0.2, 0.25) is 0 Å². The van der Waals surface area contributed by atoms with E-state index in [4.69, 9.17) is 0 Å². The third-order valence-electron chi connectivity index (χ3n) is 1.59. The Kier molecular flexibility index (Phi) is 1.95. The van der Waals surface area contributed by atoms with E-state index in [9.17, 15) is 0 Å². The van der Waals surface area contributed by atoms with Crippen molar-refractivity contribution in [1.29, 1.82) is 0 Å². The van der Waals surface area contributed by atoms with Gasteiger partial charge in [-0.1, -0.05) is 15.9 Å². The van der Waals surface area contributed by atoms with Crippen molar-refractivity contribution in [3.63, 3.8) is 0 Å². The molecule has 0 amide bonds. The van der Waals surface area contributed by atoms with Crippen LogP contribution in [0.3, 0.4) is 0 Å². The van der Waals surface area contributed by atoms with Crippen LogP contribution in [0, 0.1) is 0 Å².